The summed E-state index contributed by atoms with van der Waals surface area (Å²) in [6.45, 7) is 1.95. The van der Waals surface area contributed by atoms with Gasteiger partial charge >= 0.3 is 5.97 Å². The van der Waals surface area contributed by atoms with E-state index in [2.05, 4.69) is 10.6 Å². The summed E-state index contributed by atoms with van der Waals surface area (Å²) in [7, 11) is 1.35. The van der Waals surface area contributed by atoms with E-state index in [9.17, 15) is 9.18 Å². The third-order valence-electron chi connectivity index (χ3n) is 3.87. The molecule has 0 radical (unpaired) electrons. The van der Waals surface area contributed by atoms with Crippen molar-refractivity contribution in [2.75, 3.05) is 17.7 Å². The van der Waals surface area contributed by atoms with Gasteiger partial charge in [-0.2, -0.15) is 0 Å². The molecule has 0 bridgehead atoms. The number of thiophene rings is 1. The lowest BCUT2D eigenvalue weighted by Crippen LogP contribution is -2.20. The lowest BCUT2D eigenvalue weighted by molar-refractivity contribution is 0.0603. The number of hydrogen-bond acceptors (Lipinski definition) is 4. The summed E-state index contributed by atoms with van der Waals surface area (Å²) in [5.74, 6) is -0.765. The van der Waals surface area contributed by atoms with Crippen molar-refractivity contribution in [3.05, 3.63) is 70.9 Å². The molecule has 3 rings (SSSR count). The minimum Gasteiger partial charge on any atom is -0.465 e. The molecule has 0 fully saturated rings. The quantitative estimate of drug-likeness (QED) is 0.450. The zero-order valence-electron chi connectivity index (χ0n) is 14.7. The van der Waals surface area contributed by atoms with Crippen LogP contribution in [-0.4, -0.2) is 18.2 Å². The van der Waals surface area contributed by atoms with Crippen molar-refractivity contribution >= 4 is 45.3 Å². The Morgan fingerprint density at radius 3 is 2.37 bits per heavy atom. The molecule has 1 aromatic heterocycles. The molecule has 0 atom stereocenters. The van der Waals surface area contributed by atoms with E-state index in [0.29, 0.717) is 21.4 Å². The number of thiocarbonyl (C=S) groups is 1. The van der Waals surface area contributed by atoms with Crippen LogP contribution in [0.25, 0.3) is 11.1 Å². The van der Waals surface area contributed by atoms with Crippen molar-refractivity contribution in [3.63, 3.8) is 0 Å². The number of hydrogen-bond donors (Lipinski definition) is 2. The molecule has 0 unspecified atom stereocenters. The van der Waals surface area contributed by atoms with E-state index in [0.717, 1.165) is 16.0 Å². The molecule has 0 saturated heterocycles. The molecule has 138 valence electrons. The van der Waals surface area contributed by atoms with E-state index in [1.54, 1.807) is 12.1 Å². The zero-order chi connectivity index (χ0) is 19.4. The average Bonchev–Trinajstić information content (AvgIpc) is 2.99. The molecule has 2 aromatic carbocycles. The van der Waals surface area contributed by atoms with E-state index < -0.39 is 5.97 Å². The number of benzene rings is 2. The molecular weight excluding hydrogens is 383 g/mol. The smallest absolute Gasteiger partial charge is 0.341 e. The van der Waals surface area contributed by atoms with Gasteiger partial charge in [-0.25, -0.2) is 9.18 Å². The van der Waals surface area contributed by atoms with E-state index in [1.165, 1.54) is 30.6 Å². The van der Waals surface area contributed by atoms with Gasteiger partial charge in [-0.1, -0.05) is 30.3 Å². The van der Waals surface area contributed by atoms with E-state index in [1.807, 2.05) is 37.3 Å². The Morgan fingerprint density at radius 1 is 1.07 bits per heavy atom. The third kappa shape index (κ3) is 4.32. The first-order valence-electron chi connectivity index (χ1n) is 8.10. The number of aryl methyl sites for hydroxylation is 1. The summed E-state index contributed by atoms with van der Waals surface area (Å²) in [5.41, 5.74) is 2.83. The van der Waals surface area contributed by atoms with Gasteiger partial charge < -0.3 is 15.4 Å². The standard InChI is InChI=1S/C20H17FN2O2S2/c1-12-16(13-6-4-3-5-7-13)17(19(24)25-2)18(27-12)23-20(26)22-15-10-8-14(21)9-11-15/h3-11H,1-2H3,(H2,22,23,26). The van der Waals surface area contributed by atoms with Crippen LogP contribution in [-0.2, 0) is 4.74 Å². The topological polar surface area (TPSA) is 50.4 Å². The van der Waals surface area contributed by atoms with Crippen LogP contribution < -0.4 is 10.6 Å². The number of carbonyl (C=O) groups is 1. The van der Waals surface area contributed by atoms with Crippen LogP contribution in [0.2, 0.25) is 0 Å². The number of carbonyl (C=O) groups excluding carboxylic acids is 1. The van der Waals surface area contributed by atoms with Crippen LogP contribution in [0, 0.1) is 12.7 Å². The molecule has 3 aromatic rings. The maximum atomic E-state index is 13.0. The van der Waals surface area contributed by atoms with Crippen molar-refractivity contribution < 1.29 is 13.9 Å². The summed E-state index contributed by atoms with van der Waals surface area (Å²) in [6.07, 6.45) is 0. The zero-order valence-corrected chi connectivity index (χ0v) is 16.3. The molecule has 4 nitrogen and oxygen atoms in total. The SMILES string of the molecule is COC(=O)c1c(NC(=S)Nc2ccc(F)cc2)sc(C)c1-c1ccccc1. The fourth-order valence-electron chi connectivity index (χ4n) is 2.68. The van der Waals surface area contributed by atoms with E-state index in [-0.39, 0.29) is 5.82 Å². The van der Waals surface area contributed by atoms with Crippen molar-refractivity contribution in [2.45, 2.75) is 6.92 Å². The Hall–Kier alpha value is -2.77. The molecule has 0 spiro atoms. The number of ether oxygens (including phenoxy) is 1. The summed E-state index contributed by atoms with van der Waals surface area (Å²) >= 11 is 6.76. The highest BCUT2D eigenvalue weighted by Crippen LogP contribution is 2.40. The summed E-state index contributed by atoms with van der Waals surface area (Å²) in [4.78, 5) is 13.4. The number of halogens is 1. The largest absolute Gasteiger partial charge is 0.465 e. The lowest BCUT2D eigenvalue weighted by Gasteiger charge is -2.11. The van der Waals surface area contributed by atoms with Crippen LogP contribution in [0.15, 0.2) is 54.6 Å². The second-order valence-corrected chi connectivity index (χ2v) is 7.31. The monoisotopic (exact) mass is 400 g/mol. The van der Waals surface area contributed by atoms with Crippen LogP contribution in [0.5, 0.6) is 0 Å². The van der Waals surface area contributed by atoms with Gasteiger partial charge in [-0.05, 0) is 49.0 Å². The van der Waals surface area contributed by atoms with Gasteiger partial charge in [0.05, 0.1) is 7.11 Å². The van der Waals surface area contributed by atoms with E-state index >= 15 is 0 Å². The normalized spacial score (nSPS) is 10.3. The number of rotatable bonds is 4. The Labute approximate surface area is 166 Å². The molecule has 1 heterocycles. The van der Waals surface area contributed by atoms with Gasteiger partial charge in [0.25, 0.3) is 0 Å². The first-order chi connectivity index (χ1) is 13.0. The highest BCUT2D eigenvalue weighted by molar-refractivity contribution is 7.80. The predicted molar refractivity (Wildman–Crippen MR) is 112 cm³/mol. The molecule has 0 amide bonds. The second-order valence-electron chi connectivity index (χ2n) is 5.68. The Morgan fingerprint density at radius 2 is 1.74 bits per heavy atom. The maximum Gasteiger partial charge on any atom is 0.341 e. The van der Waals surface area contributed by atoms with Crippen molar-refractivity contribution in [1.29, 1.82) is 0 Å². The molecule has 2 N–H and O–H groups in total. The fourth-order valence-corrected chi connectivity index (χ4v) is 4.03. The molecule has 0 aliphatic rings. The molecule has 7 heteroatoms. The highest BCUT2D eigenvalue weighted by atomic mass is 32.1. The number of methoxy groups -OCH3 is 1. The summed E-state index contributed by atoms with van der Waals surface area (Å²) < 4.78 is 18.0. The molecule has 0 aliphatic carbocycles. The van der Waals surface area contributed by atoms with Gasteiger partial charge in [-0.3, -0.25) is 0 Å². The third-order valence-corrected chi connectivity index (χ3v) is 5.09. The summed E-state index contributed by atoms with van der Waals surface area (Å²) in [6, 6.07) is 15.5. The number of nitrogens with one attached hydrogen (secondary N) is 2. The molecule has 0 aliphatic heterocycles. The van der Waals surface area contributed by atoms with E-state index in [4.69, 9.17) is 17.0 Å². The lowest BCUT2D eigenvalue weighted by atomic mass is 10.0. The summed E-state index contributed by atoms with van der Waals surface area (Å²) in [5, 5.41) is 6.94. The van der Waals surface area contributed by atoms with Crippen LogP contribution >= 0.6 is 23.6 Å². The Balaban J connectivity index is 1.92. The highest BCUT2D eigenvalue weighted by Gasteiger charge is 2.24. The molecular formula is C20H17FN2O2S2. The average molecular weight is 401 g/mol. The molecule has 0 saturated carbocycles. The van der Waals surface area contributed by atoms with Crippen molar-refractivity contribution in [2.24, 2.45) is 0 Å². The Kier molecular flexibility index (Phi) is 5.83. The fraction of sp³-hybridized carbons (Fsp3) is 0.100. The van der Waals surface area contributed by atoms with Crippen molar-refractivity contribution in [3.8, 4) is 11.1 Å². The predicted octanol–water partition coefficient (Wildman–Crippen LogP) is 5.46. The minimum absolute atomic E-state index is 0.299. The van der Waals surface area contributed by atoms with Gasteiger partial charge in [0.1, 0.15) is 16.4 Å². The second kappa shape index (κ2) is 8.28. The first kappa shape index (κ1) is 19.0. The van der Waals surface area contributed by atoms with Crippen LogP contribution in [0.3, 0.4) is 0 Å². The Bertz CT molecular complexity index is 970. The molecule has 27 heavy (non-hydrogen) atoms. The van der Waals surface area contributed by atoms with Crippen LogP contribution in [0.4, 0.5) is 15.1 Å². The number of esters is 1. The maximum absolute atomic E-state index is 13.0. The van der Waals surface area contributed by atoms with Crippen LogP contribution in [0.1, 0.15) is 15.2 Å². The number of anilines is 2. The van der Waals surface area contributed by atoms with Gasteiger partial charge in [0, 0.05) is 16.1 Å². The van der Waals surface area contributed by atoms with Crippen molar-refractivity contribution in [1.82, 2.24) is 0 Å². The van der Waals surface area contributed by atoms with Gasteiger partial charge in [-0.15, -0.1) is 11.3 Å². The minimum atomic E-state index is -0.440. The van der Waals surface area contributed by atoms with Gasteiger partial charge in [0.2, 0.25) is 0 Å². The first-order valence-corrected chi connectivity index (χ1v) is 9.32. The van der Waals surface area contributed by atoms with Gasteiger partial charge in [0.15, 0.2) is 5.11 Å².